The summed E-state index contributed by atoms with van der Waals surface area (Å²) in [4.78, 5) is 36.9. The van der Waals surface area contributed by atoms with Crippen LogP contribution >= 0.6 is 11.6 Å². The lowest BCUT2D eigenvalue weighted by atomic mass is 10.1. The van der Waals surface area contributed by atoms with Gasteiger partial charge in [-0.2, -0.15) is 0 Å². The van der Waals surface area contributed by atoms with E-state index in [4.69, 9.17) is 16.3 Å². The predicted molar refractivity (Wildman–Crippen MR) is 106 cm³/mol. The Morgan fingerprint density at radius 2 is 1.74 bits per heavy atom. The fraction of sp³-hybridized carbons (Fsp3) is 0.250. The van der Waals surface area contributed by atoms with Gasteiger partial charge in [0.15, 0.2) is 5.78 Å². The summed E-state index contributed by atoms with van der Waals surface area (Å²) < 4.78 is 5.11. The number of ether oxygens (including phenoxy) is 1. The highest BCUT2D eigenvalue weighted by molar-refractivity contribution is 6.32. The van der Waals surface area contributed by atoms with Gasteiger partial charge < -0.3 is 15.0 Å². The number of anilines is 2. The Labute approximate surface area is 163 Å². The monoisotopic (exact) mass is 388 g/mol. The number of halogens is 1. The summed E-state index contributed by atoms with van der Waals surface area (Å²) >= 11 is 6.12. The lowest BCUT2D eigenvalue weighted by molar-refractivity contribution is -0.117. The first-order valence-electron chi connectivity index (χ1n) is 8.34. The fourth-order valence-electron chi connectivity index (χ4n) is 2.52. The van der Waals surface area contributed by atoms with Crippen molar-refractivity contribution in [3.63, 3.8) is 0 Å². The average molecular weight is 389 g/mol. The van der Waals surface area contributed by atoms with Crippen LogP contribution in [-0.2, 0) is 9.59 Å². The Hall–Kier alpha value is -2.86. The molecule has 0 radical (unpaired) electrons. The van der Waals surface area contributed by atoms with Gasteiger partial charge in [0.25, 0.3) is 0 Å². The Morgan fingerprint density at radius 1 is 1.07 bits per heavy atom. The van der Waals surface area contributed by atoms with E-state index in [0.717, 1.165) is 0 Å². The summed E-state index contributed by atoms with van der Waals surface area (Å²) in [6.07, 6.45) is 0.109. The fourth-order valence-corrected chi connectivity index (χ4v) is 2.77. The molecule has 1 N–H and O–H groups in total. The second kappa shape index (κ2) is 9.19. The normalized spacial score (nSPS) is 10.2. The number of carbonyl (C=O) groups is 3. The minimum Gasteiger partial charge on any atom is -0.495 e. The standard InChI is InChI=1S/C20H21ClN2O4/c1-13(24)15-4-6-16(7-5-15)22-20(26)10-11-23(14(2)25)17-8-9-19(27-3)18(21)12-17/h4-9,12H,10-11H2,1-3H3,(H,22,26). The van der Waals surface area contributed by atoms with Gasteiger partial charge in [0.2, 0.25) is 11.8 Å². The molecule has 0 spiro atoms. The number of benzene rings is 2. The molecule has 27 heavy (non-hydrogen) atoms. The second-order valence-corrected chi connectivity index (χ2v) is 6.33. The molecule has 0 fully saturated rings. The molecule has 0 aromatic heterocycles. The minimum absolute atomic E-state index is 0.0388. The van der Waals surface area contributed by atoms with Crippen molar-refractivity contribution in [2.75, 3.05) is 23.9 Å². The lowest BCUT2D eigenvalue weighted by Gasteiger charge is -2.21. The van der Waals surface area contributed by atoms with E-state index in [1.54, 1.807) is 42.5 Å². The molecule has 0 heterocycles. The third kappa shape index (κ3) is 5.56. The van der Waals surface area contributed by atoms with E-state index in [1.165, 1.54) is 25.9 Å². The second-order valence-electron chi connectivity index (χ2n) is 5.92. The van der Waals surface area contributed by atoms with E-state index in [-0.39, 0.29) is 30.6 Å². The molecule has 6 nitrogen and oxygen atoms in total. The van der Waals surface area contributed by atoms with Crippen molar-refractivity contribution in [1.29, 1.82) is 0 Å². The maximum absolute atomic E-state index is 12.2. The highest BCUT2D eigenvalue weighted by Gasteiger charge is 2.15. The summed E-state index contributed by atoms with van der Waals surface area (Å²) in [6, 6.07) is 11.6. The zero-order valence-corrected chi connectivity index (χ0v) is 16.2. The minimum atomic E-state index is -0.239. The van der Waals surface area contributed by atoms with Crippen LogP contribution in [0.4, 0.5) is 11.4 Å². The van der Waals surface area contributed by atoms with Crippen LogP contribution in [0, 0.1) is 0 Å². The van der Waals surface area contributed by atoms with E-state index in [0.29, 0.717) is 27.7 Å². The Balaban J connectivity index is 2.01. The zero-order chi connectivity index (χ0) is 20.0. The number of carbonyl (C=O) groups excluding carboxylic acids is 3. The molecule has 0 saturated carbocycles. The topological polar surface area (TPSA) is 75.7 Å². The van der Waals surface area contributed by atoms with Gasteiger partial charge in [0.05, 0.1) is 12.1 Å². The molecule has 0 unspecified atom stereocenters. The quantitative estimate of drug-likeness (QED) is 0.729. The van der Waals surface area contributed by atoms with Gasteiger partial charge in [-0.25, -0.2) is 0 Å². The molecule has 0 aliphatic heterocycles. The highest BCUT2D eigenvalue weighted by Crippen LogP contribution is 2.29. The number of Topliss-reactive ketones (excluding diaryl/α,β-unsaturated/α-hetero) is 1. The van der Waals surface area contributed by atoms with Crippen molar-refractivity contribution in [3.8, 4) is 5.75 Å². The van der Waals surface area contributed by atoms with Gasteiger partial charge in [0.1, 0.15) is 5.75 Å². The smallest absolute Gasteiger partial charge is 0.226 e. The number of hydrogen-bond acceptors (Lipinski definition) is 4. The molecule has 2 aromatic carbocycles. The number of ketones is 1. The van der Waals surface area contributed by atoms with Crippen LogP contribution in [0.15, 0.2) is 42.5 Å². The first-order chi connectivity index (χ1) is 12.8. The molecule has 0 saturated heterocycles. The Bertz CT molecular complexity index is 850. The molecule has 0 bridgehead atoms. The van der Waals surface area contributed by atoms with Crippen molar-refractivity contribution in [3.05, 3.63) is 53.1 Å². The van der Waals surface area contributed by atoms with Crippen LogP contribution in [0.25, 0.3) is 0 Å². The van der Waals surface area contributed by atoms with Crippen molar-refractivity contribution in [2.45, 2.75) is 20.3 Å². The van der Waals surface area contributed by atoms with Crippen molar-refractivity contribution in [1.82, 2.24) is 0 Å². The third-order valence-electron chi connectivity index (χ3n) is 3.96. The number of methoxy groups -OCH3 is 1. The first kappa shape index (κ1) is 20.5. The molecule has 2 rings (SSSR count). The summed E-state index contributed by atoms with van der Waals surface area (Å²) in [5.74, 6) is 0.0325. The average Bonchev–Trinajstić information content (AvgIpc) is 2.62. The number of amides is 2. The van der Waals surface area contributed by atoms with Gasteiger partial charge in [-0.3, -0.25) is 14.4 Å². The van der Waals surface area contributed by atoms with Crippen LogP contribution in [0.3, 0.4) is 0 Å². The van der Waals surface area contributed by atoms with Crippen molar-refractivity contribution >= 4 is 40.6 Å². The summed E-state index contributed by atoms with van der Waals surface area (Å²) in [5.41, 5.74) is 1.76. The van der Waals surface area contributed by atoms with E-state index in [1.807, 2.05) is 0 Å². The number of nitrogens with one attached hydrogen (secondary N) is 1. The van der Waals surface area contributed by atoms with Crippen LogP contribution in [0.5, 0.6) is 5.75 Å². The zero-order valence-electron chi connectivity index (χ0n) is 15.4. The molecule has 0 aliphatic rings. The maximum atomic E-state index is 12.2. The van der Waals surface area contributed by atoms with Gasteiger partial charge in [-0.1, -0.05) is 11.6 Å². The van der Waals surface area contributed by atoms with E-state index < -0.39 is 0 Å². The Morgan fingerprint density at radius 3 is 2.26 bits per heavy atom. The van der Waals surface area contributed by atoms with Crippen molar-refractivity contribution in [2.24, 2.45) is 0 Å². The van der Waals surface area contributed by atoms with Gasteiger partial charge >= 0.3 is 0 Å². The molecular formula is C20H21ClN2O4. The Kier molecular flexibility index (Phi) is 6.96. The lowest BCUT2D eigenvalue weighted by Crippen LogP contribution is -2.32. The molecule has 0 atom stereocenters. The van der Waals surface area contributed by atoms with Crippen LogP contribution in [-0.4, -0.2) is 31.3 Å². The summed E-state index contributed by atoms with van der Waals surface area (Å²) in [5, 5.41) is 3.13. The molecule has 2 aromatic rings. The van der Waals surface area contributed by atoms with Crippen LogP contribution in [0.2, 0.25) is 5.02 Å². The van der Waals surface area contributed by atoms with Crippen LogP contribution < -0.4 is 15.0 Å². The SMILES string of the molecule is COc1ccc(N(CCC(=O)Nc2ccc(C(C)=O)cc2)C(C)=O)cc1Cl. The highest BCUT2D eigenvalue weighted by atomic mass is 35.5. The number of rotatable bonds is 7. The summed E-state index contributed by atoms with van der Waals surface area (Å²) in [7, 11) is 1.51. The van der Waals surface area contributed by atoms with Gasteiger partial charge in [0, 0.05) is 36.8 Å². The molecule has 7 heteroatoms. The van der Waals surface area contributed by atoms with Crippen LogP contribution in [0.1, 0.15) is 30.6 Å². The van der Waals surface area contributed by atoms with Gasteiger partial charge in [-0.05, 0) is 49.4 Å². The number of hydrogen-bond donors (Lipinski definition) is 1. The largest absolute Gasteiger partial charge is 0.495 e. The van der Waals surface area contributed by atoms with E-state index in [9.17, 15) is 14.4 Å². The van der Waals surface area contributed by atoms with E-state index >= 15 is 0 Å². The molecule has 2 amide bonds. The maximum Gasteiger partial charge on any atom is 0.226 e. The molecule has 0 aliphatic carbocycles. The van der Waals surface area contributed by atoms with Gasteiger partial charge in [-0.15, -0.1) is 0 Å². The van der Waals surface area contributed by atoms with Crippen molar-refractivity contribution < 1.29 is 19.1 Å². The van der Waals surface area contributed by atoms with E-state index in [2.05, 4.69) is 5.32 Å². The number of nitrogens with zero attached hydrogens (tertiary/aromatic N) is 1. The first-order valence-corrected chi connectivity index (χ1v) is 8.72. The predicted octanol–water partition coefficient (Wildman–Crippen LogP) is 3.93. The third-order valence-corrected chi connectivity index (χ3v) is 4.26. The molecular weight excluding hydrogens is 368 g/mol. The molecule has 142 valence electrons. The summed E-state index contributed by atoms with van der Waals surface area (Å²) in [6.45, 7) is 3.11.